The number of hydrogen-bond donors (Lipinski definition) is 0. The van der Waals surface area contributed by atoms with E-state index in [1.54, 1.807) is 0 Å². The van der Waals surface area contributed by atoms with Gasteiger partial charge in [0.15, 0.2) is 0 Å². The number of fused-ring (bicyclic) bond motifs is 15. The highest BCUT2D eigenvalue weighted by Gasteiger charge is 2.52. The Morgan fingerprint density at radius 1 is 0.370 bits per heavy atom. The van der Waals surface area contributed by atoms with Gasteiger partial charge in [-0.05, 0) is 143 Å². The van der Waals surface area contributed by atoms with Crippen molar-refractivity contribution in [1.82, 2.24) is 0 Å². The molecule has 10 aromatic carbocycles. The molecule has 1 spiro atoms. The molecule has 1 aliphatic heterocycles. The van der Waals surface area contributed by atoms with E-state index in [2.05, 4.69) is 271 Å². The standard InChI is InChI=1S/C70H55NOS/c1-67(2,3)46-32-38-64-59(40-46)70(60-41-47(68(4,5)6)33-39-65(60)73-64)56-28-17-14-25-51(56)53-37-35-49(43-58(53)70)71(61-29-19-31-63-66(61)54-26-15-18-30-62(54)72-63)48-34-36-52-50-24-13-16-27-55(50)69(57(52)42-48,44-20-9-7-10-21-44)45-22-11-8-12-23-45/h7-43H,1-6H3. The summed E-state index contributed by atoms with van der Waals surface area (Å²) in [6, 6.07) is 84.8. The largest absolute Gasteiger partial charge is 0.456 e. The molecule has 352 valence electrons. The molecule has 11 aromatic rings. The van der Waals surface area contributed by atoms with Gasteiger partial charge < -0.3 is 9.32 Å². The first-order valence-corrected chi connectivity index (χ1v) is 26.6. The summed E-state index contributed by atoms with van der Waals surface area (Å²) < 4.78 is 6.71. The molecule has 73 heavy (non-hydrogen) atoms. The second kappa shape index (κ2) is 15.8. The van der Waals surface area contributed by atoms with Gasteiger partial charge in [0.25, 0.3) is 0 Å². The number of nitrogens with zero attached hydrogens (tertiary/aromatic N) is 1. The van der Waals surface area contributed by atoms with Gasteiger partial charge in [-0.15, -0.1) is 0 Å². The van der Waals surface area contributed by atoms with E-state index in [-0.39, 0.29) is 10.8 Å². The molecule has 0 radical (unpaired) electrons. The van der Waals surface area contributed by atoms with E-state index in [1.165, 1.54) is 87.7 Å². The van der Waals surface area contributed by atoms with Crippen molar-refractivity contribution in [1.29, 1.82) is 0 Å². The molecule has 14 rings (SSSR count). The Labute approximate surface area is 433 Å². The molecule has 0 N–H and O–H groups in total. The Balaban J connectivity index is 1.10. The summed E-state index contributed by atoms with van der Waals surface area (Å²) in [5.41, 5.74) is 21.8. The third kappa shape index (κ3) is 6.25. The molecule has 3 aliphatic rings. The summed E-state index contributed by atoms with van der Waals surface area (Å²) >= 11 is 1.92. The van der Waals surface area contributed by atoms with E-state index in [4.69, 9.17) is 4.42 Å². The molecule has 0 saturated heterocycles. The van der Waals surface area contributed by atoms with Crippen LogP contribution in [0, 0.1) is 0 Å². The minimum atomic E-state index is -0.601. The molecule has 0 bridgehead atoms. The van der Waals surface area contributed by atoms with E-state index >= 15 is 0 Å². The van der Waals surface area contributed by atoms with E-state index in [1.807, 2.05) is 11.8 Å². The minimum absolute atomic E-state index is 0.0536. The van der Waals surface area contributed by atoms with Crippen LogP contribution < -0.4 is 4.90 Å². The zero-order chi connectivity index (χ0) is 49.4. The van der Waals surface area contributed by atoms with Crippen molar-refractivity contribution in [2.24, 2.45) is 0 Å². The van der Waals surface area contributed by atoms with Crippen molar-refractivity contribution in [3.63, 3.8) is 0 Å². The second-order valence-corrected chi connectivity index (χ2v) is 23.5. The molecule has 2 heterocycles. The Kier molecular flexibility index (Phi) is 9.52. The number of hydrogen-bond acceptors (Lipinski definition) is 3. The molecular weight excluding hydrogens is 903 g/mol. The highest BCUT2D eigenvalue weighted by atomic mass is 32.2. The van der Waals surface area contributed by atoms with E-state index in [9.17, 15) is 0 Å². The topological polar surface area (TPSA) is 16.4 Å². The summed E-state index contributed by atoms with van der Waals surface area (Å²) in [5.74, 6) is 0. The van der Waals surface area contributed by atoms with Gasteiger partial charge in [-0.1, -0.05) is 223 Å². The van der Waals surface area contributed by atoms with Crippen LogP contribution in [0.5, 0.6) is 0 Å². The van der Waals surface area contributed by atoms with Gasteiger partial charge in [0.05, 0.1) is 21.9 Å². The maximum absolute atomic E-state index is 6.71. The Bertz CT molecular complexity index is 3930. The molecular formula is C70H55NOS. The molecule has 0 fully saturated rings. The number of furan rings is 1. The van der Waals surface area contributed by atoms with Gasteiger partial charge in [-0.3, -0.25) is 0 Å². The molecule has 2 aliphatic carbocycles. The third-order valence-corrected chi connectivity index (χ3v) is 17.5. The van der Waals surface area contributed by atoms with E-state index in [0.717, 1.165) is 39.0 Å². The first kappa shape index (κ1) is 43.9. The second-order valence-electron chi connectivity index (χ2n) is 22.4. The lowest BCUT2D eigenvalue weighted by Gasteiger charge is -2.41. The molecule has 2 nitrogen and oxygen atoms in total. The van der Waals surface area contributed by atoms with Crippen LogP contribution in [0.25, 0.3) is 44.2 Å². The fourth-order valence-electron chi connectivity index (χ4n) is 12.9. The van der Waals surface area contributed by atoms with Gasteiger partial charge in [0, 0.05) is 26.6 Å². The first-order chi connectivity index (χ1) is 35.5. The number of anilines is 3. The highest BCUT2D eigenvalue weighted by Crippen LogP contribution is 2.64. The van der Waals surface area contributed by atoms with E-state index < -0.39 is 10.8 Å². The average molecular weight is 958 g/mol. The van der Waals surface area contributed by atoms with Gasteiger partial charge >= 0.3 is 0 Å². The van der Waals surface area contributed by atoms with Crippen molar-refractivity contribution in [3.8, 4) is 22.3 Å². The van der Waals surface area contributed by atoms with Crippen LogP contribution in [-0.2, 0) is 21.7 Å². The molecule has 0 atom stereocenters. The molecule has 0 unspecified atom stereocenters. The number of para-hydroxylation sites is 1. The normalized spacial score (nSPS) is 14.6. The zero-order valence-electron chi connectivity index (χ0n) is 42.1. The zero-order valence-corrected chi connectivity index (χ0v) is 42.9. The van der Waals surface area contributed by atoms with Crippen LogP contribution >= 0.6 is 11.8 Å². The molecule has 1 aromatic heterocycles. The summed E-state index contributed by atoms with van der Waals surface area (Å²) in [5, 5.41) is 2.18. The highest BCUT2D eigenvalue weighted by molar-refractivity contribution is 7.99. The summed E-state index contributed by atoms with van der Waals surface area (Å²) in [7, 11) is 0. The smallest absolute Gasteiger partial charge is 0.137 e. The van der Waals surface area contributed by atoms with Crippen LogP contribution in [0.1, 0.15) is 97.2 Å². The lowest BCUT2D eigenvalue weighted by Crippen LogP contribution is -2.33. The predicted octanol–water partition coefficient (Wildman–Crippen LogP) is 18.8. The summed E-state index contributed by atoms with van der Waals surface area (Å²) in [6.45, 7) is 14.1. The van der Waals surface area contributed by atoms with Crippen LogP contribution in [0.15, 0.2) is 239 Å². The Morgan fingerprint density at radius 2 is 0.836 bits per heavy atom. The lowest BCUT2D eigenvalue weighted by molar-refractivity contribution is 0.581. The third-order valence-electron chi connectivity index (χ3n) is 16.3. The maximum atomic E-state index is 6.71. The van der Waals surface area contributed by atoms with Crippen LogP contribution in [0.4, 0.5) is 17.1 Å². The van der Waals surface area contributed by atoms with Crippen molar-refractivity contribution in [2.45, 2.75) is 73.0 Å². The average Bonchev–Trinajstić information content (AvgIpc) is 4.04. The summed E-state index contributed by atoms with van der Waals surface area (Å²) in [4.78, 5) is 5.14. The van der Waals surface area contributed by atoms with Crippen LogP contribution in [0.2, 0.25) is 0 Å². The van der Waals surface area contributed by atoms with Crippen molar-refractivity contribution >= 4 is 50.8 Å². The maximum Gasteiger partial charge on any atom is 0.137 e. The fourth-order valence-corrected chi connectivity index (χ4v) is 14.1. The monoisotopic (exact) mass is 957 g/mol. The van der Waals surface area contributed by atoms with Crippen LogP contribution in [-0.4, -0.2) is 0 Å². The molecule has 3 heteroatoms. The summed E-state index contributed by atoms with van der Waals surface area (Å²) in [6.07, 6.45) is 0. The van der Waals surface area contributed by atoms with Crippen LogP contribution in [0.3, 0.4) is 0 Å². The van der Waals surface area contributed by atoms with Gasteiger partial charge in [-0.2, -0.15) is 0 Å². The van der Waals surface area contributed by atoms with Crippen molar-refractivity contribution in [3.05, 3.63) is 280 Å². The van der Waals surface area contributed by atoms with Gasteiger partial charge in [-0.25, -0.2) is 0 Å². The van der Waals surface area contributed by atoms with Crippen molar-refractivity contribution in [2.75, 3.05) is 4.90 Å². The minimum Gasteiger partial charge on any atom is -0.456 e. The quantitative estimate of drug-likeness (QED) is 0.171. The number of benzene rings is 10. The number of rotatable bonds is 5. The molecule has 0 saturated carbocycles. The van der Waals surface area contributed by atoms with Gasteiger partial charge in [0.2, 0.25) is 0 Å². The Hall–Kier alpha value is -7.85. The fraction of sp³-hybridized carbons (Fsp3) is 0.143. The first-order valence-electron chi connectivity index (χ1n) is 25.7. The Morgan fingerprint density at radius 3 is 1.40 bits per heavy atom. The van der Waals surface area contributed by atoms with Gasteiger partial charge in [0.1, 0.15) is 11.2 Å². The van der Waals surface area contributed by atoms with Crippen molar-refractivity contribution < 1.29 is 4.42 Å². The lowest BCUT2D eigenvalue weighted by atomic mass is 9.65. The molecule has 0 amide bonds. The predicted molar refractivity (Wildman–Crippen MR) is 305 cm³/mol. The SMILES string of the molecule is CC(C)(C)c1ccc2c(c1)C1(c3cc(C(C)(C)C)ccc3S2)c2ccccc2-c2ccc(N(c3ccc4c(c3)C(c3ccccc3)(c3ccccc3)c3ccccc3-4)c3cccc4oc5ccccc5c34)cc21. The van der Waals surface area contributed by atoms with E-state index in [0.29, 0.717) is 0 Å².